The zero-order valence-electron chi connectivity index (χ0n) is 15.2. The molecule has 10 heteroatoms. The topological polar surface area (TPSA) is 118 Å². The molecule has 0 amide bonds. The monoisotopic (exact) mass is 421 g/mol. The molecule has 0 unspecified atom stereocenters. The lowest BCUT2D eigenvalue weighted by Gasteiger charge is -2.14. The first kappa shape index (κ1) is 20.3. The van der Waals surface area contributed by atoms with Gasteiger partial charge in [0.2, 0.25) is 0 Å². The molecule has 0 atom stereocenters. The molecule has 7 nitrogen and oxygen atoms in total. The van der Waals surface area contributed by atoms with Crippen molar-refractivity contribution in [3.05, 3.63) is 60.3 Å². The molecule has 0 radical (unpaired) electrons. The van der Waals surface area contributed by atoms with Crippen molar-refractivity contribution in [3.8, 4) is 23.0 Å². The van der Waals surface area contributed by atoms with E-state index in [1.54, 1.807) is 0 Å². The number of para-hydroxylation sites is 1. The Morgan fingerprint density at radius 1 is 1.00 bits per heavy atom. The van der Waals surface area contributed by atoms with E-state index in [0.717, 1.165) is 12.1 Å². The third-order valence-electron chi connectivity index (χ3n) is 3.92. The fourth-order valence-electron chi connectivity index (χ4n) is 2.35. The van der Waals surface area contributed by atoms with Crippen LogP contribution in [0.3, 0.4) is 0 Å². The first-order valence-corrected chi connectivity index (χ1v) is 10.0. The highest BCUT2D eigenvalue weighted by atomic mass is 32.2. The second kappa shape index (κ2) is 7.92. The molecule has 0 saturated carbocycles. The number of aromatic nitrogens is 1. The Morgan fingerprint density at radius 3 is 2.28 bits per heavy atom. The number of benzene rings is 2. The number of rotatable bonds is 6. The van der Waals surface area contributed by atoms with Crippen LogP contribution < -0.4 is 20.9 Å². The molecule has 0 aliphatic heterocycles. The lowest BCUT2D eigenvalue weighted by atomic mass is 10.2. The fraction of sp³-hybridized carbons (Fsp3) is 0.105. The number of hydrogen-bond donors (Lipinski definition) is 2. The van der Waals surface area contributed by atoms with Crippen LogP contribution >= 0.6 is 0 Å². The number of nitrogens with two attached hydrogens (primary N) is 2. The zero-order chi connectivity index (χ0) is 21.2. The van der Waals surface area contributed by atoms with Crippen LogP contribution in [0.15, 0.2) is 53.7 Å². The van der Waals surface area contributed by atoms with Gasteiger partial charge in [-0.2, -0.15) is 0 Å². The van der Waals surface area contributed by atoms with Crippen molar-refractivity contribution in [1.29, 1.82) is 0 Å². The second-order valence-electron chi connectivity index (χ2n) is 5.91. The lowest BCUT2D eigenvalue weighted by Crippen LogP contribution is -2.05. The number of halogens is 2. The summed E-state index contributed by atoms with van der Waals surface area (Å²) >= 11 is 0. The number of nitrogens with zero attached hydrogens (tertiary/aromatic N) is 1. The third-order valence-corrected chi connectivity index (χ3v) is 5.56. The molecule has 0 saturated heterocycles. The van der Waals surface area contributed by atoms with Crippen molar-refractivity contribution in [2.24, 2.45) is 0 Å². The molecule has 29 heavy (non-hydrogen) atoms. The van der Waals surface area contributed by atoms with Crippen LogP contribution in [0.5, 0.6) is 23.0 Å². The van der Waals surface area contributed by atoms with E-state index < -0.39 is 27.2 Å². The summed E-state index contributed by atoms with van der Waals surface area (Å²) in [6.07, 6.45) is 1.23. The molecular formula is C19H17F2N3O4S. The molecule has 0 bridgehead atoms. The molecule has 0 spiro atoms. The quantitative estimate of drug-likeness (QED) is 0.580. The maximum atomic E-state index is 13.9. The van der Waals surface area contributed by atoms with E-state index in [4.69, 9.17) is 20.9 Å². The zero-order valence-corrected chi connectivity index (χ0v) is 16.0. The highest BCUT2D eigenvalue weighted by molar-refractivity contribution is 7.91. The normalized spacial score (nSPS) is 11.3. The number of anilines is 2. The van der Waals surface area contributed by atoms with Crippen molar-refractivity contribution < 1.29 is 26.7 Å². The van der Waals surface area contributed by atoms with Gasteiger partial charge in [-0.1, -0.05) is 13.0 Å². The highest BCUT2D eigenvalue weighted by Gasteiger charge is 2.16. The van der Waals surface area contributed by atoms with E-state index in [1.807, 2.05) is 0 Å². The molecule has 4 N–H and O–H groups in total. The number of ether oxygens (including phenoxy) is 2. The maximum Gasteiger partial charge on any atom is 0.198 e. The highest BCUT2D eigenvalue weighted by Crippen LogP contribution is 2.38. The van der Waals surface area contributed by atoms with Crippen molar-refractivity contribution in [2.45, 2.75) is 11.9 Å². The van der Waals surface area contributed by atoms with Crippen molar-refractivity contribution >= 4 is 21.2 Å². The van der Waals surface area contributed by atoms with Gasteiger partial charge in [-0.3, -0.25) is 0 Å². The van der Waals surface area contributed by atoms with Gasteiger partial charge in [-0.15, -0.1) is 0 Å². The van der Waals surface area contributed by atoms with Gasteiger partial charge in [0.05, 0.1) is 23.3 Å². The summed E-state index contributed by atoms with van der Waals surface area (Å²) in [4.78, 5) is 3.87. The molecule has 0 aliphatic rings. The minimum absolute atomic E-state index is 0.0254. The SMILES string of the molecule is CCS(=O)(=O)c1ccc(Oc2cc(N)c(N)c(Oc3c(F)cccc3F)c2)cn1. The van der Waals surface area contributed by atoms with E-state index in [9.17, 15) is 17.2 Å². The van der Waals surface area contributed by atoms with Gasteiger partial charge in [0, 0.05) is 12.1 Å². The maximum absolute atomic E-state index is 13.9. The molecule has 3 rings (SSSR count). The van der Waals surface area contributed by atoms with Gasteiger partial charge < -0.3 is 20.9 Å². The van der Waals surface area contributed by atoms with Crippen LogP contribution in [0.1, 0.15) is 6.92 Å². The number of sulfone groups is 1. The van der Waals surface area contributed by atoms with Gasteiger partial charge in [0.25, 0.3) is 0 Å². The average Bonchev–Trinajstić information content (AvgIpc) is 2.69. The smallest absolute Gasteiger partial charge is 0.198 e. The van der Waals surface area contributed by atoms with Gasteiger partial charge in [-0.05, 0) is 24.3 Å². The first-order chi connectivity index (χ1) is 13.7. The Kier molecular flexibility index (Phi) is 5.55. The first-order valence-electron chi connectivity index (χ1n) is 8.38. The summed E-state index contributed by atoms with van der Waals surface area (Å²) in [7, 11) is -3.44. The predicted octanol–water partition coefficient (Wildman–Crippen LogP) is 3.90. The van der Waals surface area contributed by atoms with E-state index in [0.29, 0.717) is 0 Å². The molecular weight excluding hydrogens is 404 g/mol. The van der Waals surface area contributed by atoms with Crippen LogP contribution in [-0.4, -0.2) is 19.2 Å². The molecule has 0 aliphatic carbocycles. The van der Waals surface area contributed by atoms with Gasteiger partial charge in [0.15, 0.2) is 38.0 Å². The molecule has 0 fully saturated rings. The summed E-state index contributed by atoms with van der Waals surface area (Å²) in [5.74, 6) is -2.28. The van der Waals surface area contributed by atoms with Crippen LogP contribution in [-0.2, 0) is 9.84 Å². The minimum atomic E-state index is -3.44. The van der Waals surface area contributed by atoms with Crippen LogP contribution in [0.25, 0.3) is 0 Å². The fourth-order valence-corrected chi connectivity index (χ4v) is 3.13. The van der Waals surface area contributed by atoms with Crippen molar-refractivity contribution in [3.63, 3.8) is 0 Å². The molecule has 1 heterocycles. The molecule has 3 aromatic rings. The Bertz CT molecular complexity index is 1130. The third kappa shape index (κ3) is 4.37. The van der Waals surface area contributed by atoms with E-state index in [-0.39, 0.29) is 39.4 Å². The summed E-state index contributed by atoms with van der Waals surface area (Å²) < 4.78 is 62.2. The van der Waals surface area contributed by atoms with E-state index in [1.165, 1.54) is 43.5 Å². The number of hydrogen-bond acceptors (Lipinski definition) is 7. The summed E-state index contributed by atoms with van der Waals surface area (Å²) in [6, 6.07) is 8.68. The van der Waals surface area contributed by atoms with Crippen LogP contribution in [0, 0.1) is 11.6 Å². The van der Waals surface area contributed by atoms with Gasteiger partial charge >= 0.3 is 0 Å². The van der Waals surface area contributed by atoms with E-state index >= 15 is 0 Å². The second-order valence-corrected chi connectivity index (χ2v) is 8.14. The average molecular weight is 421 g/mol. The molecule has 2 aromatic carbocycles. The van der Waals surface area contributed by atoms with E-state index in [2.05, 4.69) is 4.98 Å². The lowest BCUT2D eigenvalue weighted by molar-refractivity contribution is 0.405. The number of nitrogen functional groups attached to an aromatic ring is 2. The summed E-state index contributed by atoms with van der Waals surface area (Å²) in [6.45, 7) is 1.51. The summed E-state index contributed by atoms with van der Waals surface area (Å²) in [5.41, 5.74) is 11.7. The van der Waals surface area contributed by atoms with Gasteiger partial charge in [0.1, 0.15) is 11.5 Å². The molecule has 152 valence electrons. The standard InChI is InChI=1S/C19H17F2N3O4S/c1-2-29(25,26)17-7-6-11(10-24-17)27-12-8-15(22)18(23)16(9-12)28-19-13(20)4-3-5-14(19)21/h3-10H,2,22-23H2,1H3. The van der Waals surface area contributed by atoms with Gasteiger partial charge in [-0.25, -0.2) is 22.2 Å². The molecule has 1 aromatic heterocycles. The van der Waals surface area contributed by atoms with Crippen molar-refractivity contribution in [2.75, 3.05) is 17.2 Å². The Morgan fingerprint density at radius 2 is 1.69 bits per heavy atom. The minimum Gasteiger partial charge on any atom is -0.456 e. The summed E-state index contributed by atoms with van der Waals surface area (Å²) in [5, 5.41) is -0.0804. The Hall–Kier alpha value is -3.40. The largest absolute Gasteiger partial charge is 0.456 e. The number of pyridine rings is 1. The Labute approximate surface area is 165 Å². The van der Waals surface area contributed by atoms with Crippen LogP contribution in [0.2, 0.25) is 0 Å². The van der Waals surface area contributed by atoms with Crippen LogP contribution in [0.4, 0.5) is 20.2 Å². The van der Waals surface area contributed by atoms with Crippen molar-refractivity contribution in [1.82, 2.24) is 4.98 Å². The Balaban J connectivity index is 1.90. The predicted molar refractivity (Wildman–Crippen MR) is 104 cm³/mol.